The van der Waals surface area contributed by atoms with Gasteiger partial charge in [-0.25, -0.2) is 4.79 Å². The molecule has 0 atom stereocenters. The normalized spacial score (nSPS) is 11.0. The Labute approximate surface area is 95.2 Å². The molecule has 0 aliphatic carbocycles. The number of carboxylic acid groups (broad SMARTS) is 1. The van der Waals surface area contributed by atoms with E-state index in [1.165, 1.54) is 0 Å². The molecular formula is C12H18O4. The van der Waals surface area contributed by atoms with Gasteiger partial charge in [0.15, 0.2) is 0 Å². The molecule has 0 unspecified atom stereocenters. The van der Waals surface area contributed by atoms with Gasteiger partial charge in [-0.1, -0.05) is 13.8 Å². The molecule has 0 aromatic carbocycles. The Kier molecular flexibility index (Phi) is 4.55. The summed E-state index contributed by atoms with van der Waals surface area (Å²) in [6, 6.07) is 1.71. The van der Waals surface area contributed by atoms with Crippen LogP contribution in [0.3, 0.4) is 0 Å². The van der Waals surface area contributed by atoms with Crippen LogP contribution in [0.2, 0.25) is 0 Å². The molecule has 1 aromatic rings. The Bertz CT molecular complexity index is 352. The number of aryl methyl sites for hydroxylation is 1. The largest absolute Gasteiger partial charge is 0.475 e. The van der Waals surface area contributed by atoms with E-state index in [2.05, 4.69) is 13.8 Å². The highest BCUT2D eigenvalue weighted by molar-refractivity contribution is 5.86. The maximum atomic E-state index is 10.7. The van der Waals surface area contributed by atoms with Gasteiger partial charge in [0, 0.05) is 12.2 Å². The number of aromatic carboxylic acids is 1. The lowest BCUT2D eigenvalue weighted by atomic mass is 10.1. The van der Waals surface area contributed by atoms with Gasteiger partial charge in [0.1, 0.15) is 12.4 Å². The molecule has 1 rings (SSSR count). The predicted molar refractivity (Wildman–Crippen MR) is 59.5 cm³/mol. The highest BCUT2D eigenvalue weighted by atomic mass is 16.5. The standard InChI is InChI=1S/C12H18O4/c1-8(2)4-5-15-7-10-6-9(3)11(16-10)12(13)14/h6,8H,4-5,7H2,1-3H3,(H,13,14). The second-order valence-electron chi connectivity index (χ2n) is 4.27. The topological polar surface area (TPSA) is 59.7 Å². The third-order valence-electron chi connectivity index (χ3n) is 2.25. The van der Waals surface area contributed by atoms with E-state index in [0.29, 0.717) is 30.5 Å². The van der Waals surface area contributed by atoms with Crippen molar-refractivity contribution in [1.29, 1.82) is 0 Å². The van der Waals surface area contributed by atoms with E-state index in [0.717, 1.165) is 6.42 Å². The van der Waals surface area contributed by atoms with E-state index in [-0.39, 0.29) is 5.76 Å². The summed E-state index contributed by atoms with van der Waals surface area (Å²) in [5, 5.41) is 8.79. The van der Waals surface area contributed by atoms with Crippen LogP contribution in [-0.2, 0) is 11.3 Å². The van der Waals surface area contributed by atoms with E-state index in [4.69, 9.17) is 14.3 Å². The summed E-state index contributed by atoms with van der Waals surface area (Å²) in [6.45, 7) is 6.97. The minimum Gasteiger partial charge on any atom is -0.475 e. The molecule has 4 heteroatoms. The first-order valence-corrected chi connectivity index (χ1v) is 5.41. The molecule has 0 amide bonds. The van der Waals surface area contributed by atoms with Crippen molar-refractivity contribution in [2.24, 2.45) is 5.92 Å². The first-order valence-electron chi connectivity index (χ1n) is 5.41. The number of hydrogen-bond acceptors (Lipinski definition) is 3. The van der Waals surface area contributed by atoms with Crippen LogP contribution in [0.25, 0.3) is 0 Å². The SMILES string of the molecule is Cc1cc(COCCC(C)C)oc1C(=O)O. The number of hydrogen-bond donors (Lipinski definition) is 1. The minimum absolute atomic E-state index is 0.00228. The smallest absolute Gasteiger partial charge is 0.372 e. The lowest BCUT2D eigenvalue weighted by Gasteiger charge is -2.04. The fourth-order valence-corrected chi connectivity index (χ4v) is 1.32. The van der Waals surface area contributed by atoms with E-state index >= 15 is 0 Å². The molecular weight excluding hydrogens is 208 g/mol. The first-order chi connectivity index (χ1) is 7.50. The second-order valence-corrected chi connectivity index (χ2v) is 4.27. The van der Waals surface area contributed by atoms with Crippen LogP contribution in [0.15, 0.2) is 10.5 Å². The van der Waals surface area contributed by atoms with Crippen molar-refractivity contribution >= 4 is 5.97 Å². The molecule has 0 aliphatic rings. The van der Waals surface area contributed by atoms with Crippen LogP contribution >= 0.6 is 0 Å². The molecule has 90 valence electrons. The molecule has 0 aliphatic heterocycles. The minimum atomic E-state index is -1.04. The summed E-state index contributed by atoms with van der Waals surface area (Å²) in [5.74, 6) is 0.139. The first kappa shape index (κ1) is 12.8. The number of carbonyl (C=O) groups is 1. The predicted octanol–water partition coefficient (Wildman–Crippen LogP) is 2.85. The number of carboxylic acids is 1. The van der Waals surface area contributed by atoms with Crippen LogP contribution < -0.4 is 0 Å². The lowest BCUT2D eigenvalue weighted by molar-refractivity contribution is 0.0643. The van der Waals surface area contributed by atoms with Gasteiger partial charge in [0.05, 0.1) is 0 Å². The molecule has 4 nitrogen and oxygen atoms in total. The summed E-state index contributed by atoms with van der Waals surface area (Å²) in [7, 11) is 0. The van der Waals surface area contributed by atoms with E-state index in [1.54, 1.807) is 13.0 Å². The zero-order valence-electron chi connectivity index (χ0n) is 9.95. The monoisotopic (exact) mass is 226 g/mol. The molecule has 0 bridgehead atoms. The van der Waals surface area contributed by atoms with E-state index < -0.39 is 5.97 Å². The van der Waals surface area contributed by atoms with Gasteiger partial charge in [-0.05, 0) is 25.3 Å². The van der Waals surface area contributed by atoms with Crippen molar-refractivity contribution in [3.05, 3.63) is 23.2 Å². The van der Waals surface area contributed by atoms with Crippen LogP contribution in [0.1, 0.15) is 42.1 Å². The van der Waals surface area contributed by atoms with Crippen LogP contribution in [0.4, 0.5) is 0 Å². The Morgan fingerprint density at radius 3 is 2.75 bits per heavy atom. The van der Waals surface area contributed by atoms with Gasteiger partial charge in [-0.15, -0.1) is 0 Å². The molecule has 0 saturated carbocycles. The fraction of sp³-hybridized carbons (Fsp3) is 0.583. The highest BCUT2D eigenvalue weighted by Gasteiger charge is 2.13. The second kappa shape index (κ2) is 5.70. The van der Waals surface area contributed by atoms with Gasteiger partial charge in [0.2, 0.25) is 5.76 Å². The molecule has 0 radical (unpaired) electrons. The van der Waals surface area contributed by atoms with Gasteiger partial charge < -0.3 is 14.3 Å². The van der Waals surface area contributed by atoms with E-state index in [9.17, 15) is 4.79 Å². The molecule has 16 heavy (non-hydrogen) atoms. The summed E-state index contributed by atoms with van der Waals surface area (Å²) < 4.78 is 10.6. The highest BCUT2D eigenvalue weighted by Crippen LogP contribution is 2.15. The van der Waals surface area contributed by atoms with Crippen LogP contribution in [0, 0.1) is 12.8 Å². The van der Waals surface area contributed by atoms with Crippen molar-refractivity contribution in [2.75, 3.05) is 6.61 Å². The summed E-state index contributed by atoms with van der Waals surface area (Å²) in [5.41, 5.74) is 0.634. The fourth-order valence-electron chi connectivity index (χ4n) is 1.32. The van der Waals surface area contributed by atoms with E-state index in [1.807, 2.05) is 0 Å². The third kappa shape index (κ3) is 3.70. The summed E-state index contributed by atoms with van der Waals surface area (Å²) in [4.78, 5) is 10.7. The Balaban J connectivity index is 2.43. The van der Waals surface area contributed by atoms with Crippen molar-refractivity contribution in [1.82, 2.24) is 0 Å². The number of ether oxygens (including phenoxy) is 1. The molecule has 1 aromatic heterocycles. The van der Waals surface area contributed by atoms with Crippen molar-refractivity contribution in [2.45, 2.75) is 33.8 Å². The summed E-state index contributed by atoms with van der Waals surface area (Å²) in [6.07, 6.45) is 0.992. The summed E-state index contributed by atoms with van der Waals surface area (Å²) >= 11 is 0. The number of furan rings is 1. The van der Waals surface area contributed by atoms with Crippen LogP contribution in [0.5, 0.6) is 0 Å². The Morgan fingerprint density at radius 2 is 2.25 bits per heavy atom. The van der Waals surface area contributed by atoms with Crippen molar-refractivity contribution < 1.29 is 19.1 Å². The quantitative estimate of drug-likeness (QED) is 0.758. The Morgan fingerprint density at radius 1 is 1.56 bits per heavy atom. The number of rotatable bonds is 6. The van der Waals surface area contributed by atoms with Crippen LogP contribution in [-0.4, -0.2) is 17.7 Å². The van der Waals surface area contributed by atoms with Gasteiger partial charge >= 0.3 is 5.97 Å². The molecule has 0 spiro atoms. The van der Waals surface area contributed by atoms with Gasteiger partial charge in [0.25, 0.3) is 0 Å². The maximum Gasteiger partial charge on any atom is 0.372 e. The molecule has 1 N–H and O–H groups in total. The average molecular weight is 226 g/mol. The Hall–Kier alpha value is -1.29. The lowest BCUT2D eigenvalue weighted by Crippen LogP contribution is -1.98. The van der Waals surface area contributed by atoms with Crippen molar-refractivity contribution in [3.8, 4) is 0 Å². The van der Waals surface area contributed by atoms with Crippen molar-refractivity contribution in [3.63, 3.8) is 0 Å². The average Bonchev–Trinajstić information content (AvgIpc) is 2.54. The van der Waals surface area contributed by atoms with Gasteiger partial charge in [-0.3, -0.25) is 0 Å². The zero-order chi connectivity index (χ0) is 12.1. The third-order valence-corrected chi connectivity index (χ3v) is 2.25. The zero-order valence-corrected chi connectivity index (χ0v) is 9.95. The van der Waals surface area contributed by atoms with Gasteiger partial charge in [-0.2, -0.15) is 0 Å². The molecule has 0 fully saturated rings. The molecule has 1 heterocycles. The maximum absolute atomic E-state index is 10.7. The molecule has 0 saturated heterocycles.